The number of aliphatic hydroxyl groups is 1. The van der Waals surface area contributed by atoms with Crippen molar-refractivity contribution in [2.75, 3.05) is 7.11 Å². The van der Waals surface area contributed by atoms with E-state index < -0.39 is 11.5 Å². The molecule has 90 valence electrons. The average molecular weight is 296 g/mol. The minimum absolute atomic E-state index is 0.627. The van der Waals surface area contributed by atoms with Gasteiger partial charge in [-0.25, -0.2) is 0 Å². The van der Waals surface area contributed by atoms with Crippen molar-refractivity contribution >= 4 is 15.9 Å². The van der Waals surface area contributed by atoms with Crippen molar-refractivity contribution in [2.45, 2.75) is 25.4 Å². The van der Waals surface area contributed by atoms with Gasteiger partial charge in [0.2, 0.25) is 0 Å². The van der Waals surface area contributed by atoms with Gasteiger partial charge in [-0.3, -0.25) is 0 Å². The summed E-state index contributed by atoms with van der Waals surface area (Å²) in [5, 5.41) is 19.6. The molecule has 4 heteroatoms. The van der Waals surface area contributed by atoms with Crippen molar-refractivity contribution in [3.63, 3.8) is 0 Å². The first-order valence-corrected chi connectivity index (χ1v) is 6.35. The highest BCUT2D eigenvalue weighted by Gasteiger charge is 2.45. The molecule has 1 fully saturated rings. The quantitative estimate of drug-likeness (QED) is 0.932. The van der Waals surface area contributed by atoms with Crippen LogP contribution in [0.5, 0.6) is 5.75 Å². The molecule has 1 atom stereocenters. The Morgan fingerprint density at radius 3 is 2.71 bits per heavy atom. The molecule has 1 N–H and O–H groups in total. The van der Waals surface area contributed by atoms with Gasteiger partial charge in [0.05, 0.1) is 18.6 Å². The second kappa shape index (κ2) is 4.67. The Morgan fingerprint density at radius 1 is 1.53 bits per heavy atom. The summed E-state index contributed by atoms with van der Waals surface area (Å²) < 4.78 is 6.11. The van der Waals surface area contributed by atoms with Crippen molar-refractivity contribution in [1.29, 1.82) is 5.26 Å². The fourth-order valence-electron chi connectivity index (χ4n) is 2.22. The van der Waals surface area contributed by atoms with Gasteiger partial charge in [0.1, 0.15) is 11.9 Å². The Hall–Kier alpha value is -1.05. The fraction of sp³-hybridized carbons (Fsp3) is 0.462. The molecule has 1 unspecified atom stereocenters. The van der Waals surface area contributed by atoms with Gasteiger partial charge in [-0.05, 0) is 31.0 Å². The second-order valence-corrected chi connectivity index (χ2v) is 5.33. The van der Waals surface area contributed by atoms with Crippen LogP contribution in [0.15, 0.2) is 22.7 Å². The van der Waals surface area contributed by atoms with Crippen molar-refractivity contribution in [2.24, 2.45) is 5.41 Å². The Balaban J connectivity index is 2.39. The molecule has 1 aromatic carbocycles. The normalized spacial score (nSPS) is 18.9. The summed E-state index contributed by atoms with van der Waals surface area (Å²) in [5.41, 5.74) is 0.0526. The summed E-state index contributed by atoms with van der Waals surface area (Å²) in [7, 11) is 1.57. The van der Waals surface area contributed by atoms with E-state index >= 15 is 0 Å². The first-order chi connectivity index (χ1) is 8.13. The van der Waals surface area contributed by atoms with Gasteiger partial charge in [-0.2, -0.15) is 5.26 Å². The lowest BCUT2D eigenvalue weighted by atomic mass is 9.64. The Labute approximate surface area is 109 Å². The van der Waals surface area contributed by atoms with Gasteiger partial charge in [-0.15, -0.1) is 0 Å². The molecule has 0 amide bonds. The summed E-state index contributed by atoms with van der Waals surface area (Å²) >= 11 is 3.37. The number of benzene rings is 1. The molecule has 1 aliphatic rings. The molecule has 17 heavy (non-hydrogen) atoms. The van der Waals surface area contributed by atoms with Gasteiger partial charge >= 0.3 is 0 Å². The van der Waals surface area contributed by atoms with Crippen LogP contribution in [0.25, 0.3) is 0 Å². The third kappa shape index (κ3) is 2.05. The first kappa shape index (κ1) is 12.4. The number of ether oxygens (including phenoxy) is 1. The Morgan fingerprint density at radius 2 is 2.24 bits per heavy atom. The van der Waals surface area contributed by atoms with Crippen LogP contribution in [-0.4, -0.2) is 12.2 Å². The Kier molecular flexibility index (Phi) is 3.41. The summed E-state index contributed by atoms with van der Waals surface area (Å²) in [4.78, 5) is 0. The fourth-order valence-corrected chi connectivity index (χ4v) is 2.60. The smallest absolute Gasteiger partial charge is 0.124 e. The van der Waals surface area contributed by atoms with Crippen LogP contribution < -0.4 is 4.74 Å². The molecular formula is C13H14BrNO2. The van der Waals surface area contributed by atoms with Gasteiger partial charge in [0.15, 0.2) is 0 Å². The van der Waals surface area contributed by atoms with E-state index in [1.165, 1.54) is 0 Å². The van der Waals surface area contributed by atoms with Crippen LogP contribution in [0, 0.1) is 16.7 Å². The van der Waals surface area contributed by atoms with Gasteiger partial charge in [0.25, 0.3) is 0 Å². The lowest BCUT2D eigenvalue weighted by molar-refractivity contribution is 0.00644. The number of aliphatic hydroxyl groups excluding tert-OH is 1. The maximum Gasteiger partial charge on any atom is 0.124 e. The van der Waals surface area contributed by atoms with Gasteiger partial charge < -0.3 is 9.84 Å². The van der Waals surface area contributed by atoms with Crippen LogP contribution >= 0.6 is 15.9 Å². The second-order valence-electron chi connectivity index (χ2n) is 4.41. The monoisotopic (exact) mass is 295 g/mol. The average Bonchev–Trinajstić information content (AvgIpc) is 2.28. The predicted octanol–water partition coefficient (Wildman–Crippen LogP) is 3.18. The zero-order valence-electron chi connectivity index (χ0n) is 9.61. The van der Waals surface area contributed by atoms with Gasteiger partial charge in [0, 0.05) is 10.0 Å². The highest BCUT2D eigenvalue weighted by atomic mass is 79.9. The molecule has 1 aromatic rings. The third-order valence-electron chi connectivity index (χ3n) is 3.48. The number of hydrogen-bond acceptors (Lipinski definition) is 3. The number of rotatable bonds is 3. The zero-order valence-corrected chi connectivity index (χ0v) is 11.2. The molecule has 0 bridgehead atoms. The zero-order chi connectivity index (χ0) is 12.5. The van der Waals surface area contributed by atoms with Crippen molar-refractivity contribution < 1.29 is 9.84 Å². The Bertz CT molecular complexity index is 463. The van der Waals surface area contributed by atoms with Crippen LogP contribution in [0.3, 0.4) is 0 Å². The molecule has 0 spiro atoms. The standard InChI is InChI=1S/C13H14BrNO2/c1-17-11-4-3-9(14)7-10(11)12(16)13(8-15)5-2-6-13/h3-4,7,12,16H,2,5-6H2,1H3. The lowest BCUT2D eigenvalue weighted by Gasteiger charge is -2.39. The molecule has 0 radical (unpaired) electrons. The molecular weight excluding hydrogens is 282 g/mol. The van der Waals surface area contributed by atoms with Crippen LogP contribution in [-0.2, 0) is 0 Å². The summed E-state index contributed by atoms with van der Waals surface area (Å²) in [5.74, 6) is 0.627. The summed E-state index contributed by atoms with van der Waals surface area (Å²) in [6.45, 7) is 0. The lowest BCUT2D eigenvalue weighted by Crippen LogP contribution is -2.34. The number of nitrogens with zero attached hydrogens (tertiary/aromatic N) is 1. The number of methoxy groups -OCH3 is 1. The maximum atomic E-state index is 10.4. The topological polar surface area (TPSA) is 53.2 Å². The van der Waals surface area contributed by atoms with Gasteiger partial charge in [-0.1, -0.05) is 22.4 Å². The van der Waals surface area contributed by atoms with E-state index in [4.69, 9.17) is 4.74 Å². The molecule has 3 nitrogen and oxygen atoms in total. The van der Waals surface area contributed by atoms with Crippen LogP contribution in [0.2, 0.25) is 0 Å². The molecule has 1 aliphatic carbocycles. The molecule has 0 heterocycles. The van der Waals surface area contributed by atoms with E-state index in [9.17, 15) is 10.4 Å². The minimum Gasteiger partial charge on any atom is -0.496 e. The summed E-state index contributed by atoms with van der Waals surface area (Å²) in [6.07, 6.45) is 1.72. The van der Waals surface area contributed by atoms with Crippen molar-refractivity contribution in [1.82, 2.24) is 0 Å². The predicted molar refractivity (Wildman–Crippen MR) is 67.6 cm³/mol. The summed E-state index contributed by atoms with van der Waals surface area (Å²) in [6, 6.07) is 7.74. The number of hydrogen-bond donors (Lipinski definition) is 1. The minimum atomic E-state index is -0.784. The molecule has 1 saturated carbocycles. The number of nitriles is 1. The van der Waals surface area contributed by atoms with E-state index in [2.05, 4.69) is 22.0 Å². The highest BCUT2D eigenvalue weighted by Crippen LogP contribution is 2.51. The van der Waals surface area contributed by atoms with Crippen molar-refractivity contribution in [3.8, 4) is 11.8 Å². The third-order valence-corrected chi connectivity index (χ3v) is 3.97. The van der Waals surface area contributed by atoms with Crippen LogP contribution in [0.1, 0.15) is 30.9 Å². The van der Waals surface area contributed by atoms with Crippen molar-refractivity contribution in [3.05, 3.63) is 28.2 Å². The molecule has 0 aromatic heterocycles. The van der Waals surface area contributed by atoms with E-state index in [0.29, 0.717) is 11.3 Å². The van der Waals surface area contributed by atoms with E-state index in [0.717, 1.165) is 23.7 Å². The van der Waals surface area contributed by atoms with E-state index in [1.54, 1.807) is 13.2 Å². The van der Waals surface area contributed by atoms with E-state index in [1.807, 2.05) is 12.1 Å². The molecule has 0 saturated heterocycles. The van der Waals surface area contributed by atoms with E-state index in [-0.39, 0.29) is 0 Å². The number of halogens is 1. The largest absolute Gasteiger partial charge is 0.496 e. The first-order valence-electron chi connectivity index (χ1n) is 5.56. The molecule has 0 aliphatic heterocycles. The highest BCUT2D eigenvalue weighted by molar-refractivity contribution is 9.10. The van der Waals surface area contributed by atoms with Crippen LogP contribution in [0.4, 0.5) is 0 Å². The SMILES string of the molecule is COc1ccc(Br)cc1C(O)C1(C#N)CCC1. The maximum absolute atomic E-state index is 10.4. The molecule has 2 rings (SSSR count).